The van der Waals surface area contributed by atoms with Crippen molar-refractivity contribution in [3.05, 3.63) is 54.0 Å². The lowest BCUT2D eigenvalue weighted by atomic mass is 9.53. The molecule has 0 radical (unpaired) electrons. The molecule has 2 N–H and O–H groups in total. The molecule has 2 saturated carbocycles. The fourth-order valence-corrected chi connectivity index (χ4v) is 7.39. The van der Waals surface area contributed by atoms with Gasteiger partial charge in [0.1, 0.15) is 11.9 Å². The van der Waals surface area contributed by atoms with E-state index in [4.69, 9.17) is 0 Å². The fourth-order valence-electron chi connectivity index (χ4n) is 7.39. The van der Waals surface area contributed by atoms with E-state index < -0.39 is 11.3 Å². The molecule has 6 rings (SSSR count). The lowest BCUT2D eigenvalue weighted by molar-refractivity contribution is -0.172. The van der Waals surface area contributed by atoms with Crippen LogP contribution in [0.25, 0.3) is 16.5 Å². The number of aromatic nitrogens is 2. The Morgan fingerprint density at radius 3 is 2.88 bits per heavy atom. The van der Waals surface area contributed by atoms with Gasteiger partial charge in [0.25, 0.3) is 0 Å². The number of alkyl halides is 1. The number of hydrogen-bond acceptors (Lipinski definition) is 4. The SMILES string of the molecule is CC12CCC3(F)C=C4CC(O)CCC4CC[C@]3(O)C1CC=C2c1ccc2ncncc2c1. The van der Waals surface area contributed by atoms with Crippen molar-refractivity contribution in [3.8, 4) is 0 Å². The molecule has 1 aromatic heterocycles. The van der Waals surface area contributed by atoms with E-state index in [0.29, 0.717) is 38.0 Å². The maximum atomic E-state index is 16.7. The topological polar surface area (TPSA) is 66.2 Å². The first-order chi connectivity index (χ1) is 15.3. The summed E-state index contributed by atoms with van der Waals surface area (Å²) in [5.74, 6) is 0.134. The van der Waals surface area contributed by atoms with Crippen molar-refractivity contribution in [1.82, 2.24) is 9.97 Å². The lowest BCUT2D eigenvalue weighted by Gasteiger charge is -2.55. The van der Waals surface area contributed by atoms with Crippen LogP contribution in [-0.2, 0) is 0 Å². The van der Waals surface area contributed by atoms with E-state index in [9.17, 15) is 10.2 Å². The third kappa shape index (κ3) is 2.80. The first kappa shape index (κ1) is 20.5. The van der Waals surface area contributed by atoms with Gasteiger partial charge in [-0.1, -0.05) is 24.6 Å². The summed E-state index contributed by atoms with van der Waals surface area (Å²) in [5, 5.41) is 23.2. The van der Waals surface area contributed by atoms with Crippen LogP contribution in [0.2, 0.25) is 0 Å². The first-order valence-corrected chi connectivity index (χ1v) is 12.0. The van der Waals surface area contributed by atoms with Gasteiger partial charge in [-0.3, -0.25) is 0 Å². The van der Waals surface area contributed by atoms with E-state index in [1.807, 2.05) is 12.3 Å². The van der Waals surface area contributed by atoms with Crippen molar-refractivity contribution in [2.24, 2.45) is 17.3 Å². The monoisotopic (exact) mass is 434 g/mol. The van der Waals surface area contributed by atoms with Gasteiger partial charge in [0.15, 0.2) is 5.67 Å². The van der Waals surface area contributed by atoms with Gasteiger partial charge in [-0.2, -0.15) is 0 Å². The Kier molecular flexibility index (Phi) is 4.45. The first-order valence-electron chi connectivity index (χ1n) is 12.0. The van der Waals surface area contributed by atoms with E-state index in [2.05, 4.69) is 35.1 Å². The second kappa shape index (κ2) is 6.94. The van der Waals surface area contributed by atoms with Gasteiger partial charge in [0.05, 0.1) is 11.6 Å². The number of hydrogen-bond donors (Lipinski definition) is 2. The average molecular weight is 435 g/mol. The minimum atomic E-state index is -1.72. The molecular formula is C27H31FN2O2. The molecule has 0 amide bonds. The number of aliphatic hydroxyl groups is 2. The molecule has 2 aromatic rings. The minimum Gasteiger partial charge on any atom is -0.393 e. The summed E-state index contributed by atoms with van der Waals surface area (Å²) in [4.78, 5) is 8.49. The summed E-state index contributed by atoms with van der Waals surface area (Å²) in [6, 6.07) is 6.25. The quantitative estimate of drug-likeness (QED) is 0.609. The van der Waals surface area contributed by atoms with Crippen molar-refractivity contribution in [2.75, 3.05) is 0 Å². The van der Waals surface area contributed by atoms with Crippen LogP contribution in [0.4, 0.5) is 4.39 Å². The molecule has 32 heavy (non-hydrogen) atoms. The molecule has 0 spiro atoms. The number of nitrogens with zero attached hydrogens (tertiary/aromatic N) is 2. The van der Waals surface area contributed by atoms with Gasteiger partial charge in [-0.15, -0.1) is 0 Å². The molecule has 6 atom stereocenters. The third-order valence-electron chi connectivity index (χ3n) is 9.19. The number of benzene rings is 1. The van der Waals surface area contributed by atoms with Crippen molar-refractivity contribution in [1.29, 1.82) is 0 Å². The number of fused-ring (bicyclic) bond motifs is 5. The maximum Gasteiger partial charge on any atom is 0.158 e. The van der Waals surface area contributed by atoms with Gasteiger partial charge in [-0.25, -0.2) is 14.4 Å². The van der Waals surface area contributed by atoms with E-state index in [1.165, 1.54) is 5.57 Å². The number of aliphatic hydroxyl groups excluding tert-OH is 1. The summed E-state index contributed by atoms with van der Waals surface area (Å²) in [6.07, 6.45) is 12.2. The maximum absolute atomic E-state index is 16.7. The number of allylic oxidation sites excluding steroid dienone is 2. The Balaban J connectivity index is 1.38. The molecule has 5 unspecified atom stereocenters. The van der Waals surface area contributed by atoms with Gasteiger partial charge in [0, 0.05) is 17.5 Å². The molecule has 4 aliphatic carbocycles. The zero-order valence-electron chi connectivity index (χ0n) is 18.6. The Hall–Kier alpha value is -2.11. The van der Waals surface area contributed by atoms with Crippen LogP contribution in [0.1, 0.15) is 63.9 Å². The van der Waals surface area contributed by atoms with Crippen LogP contribution in [-0.4, -0.2) is 37.6 Å². The molecular weight excluding hydrogens is 403 g/mol. The summed E-state index contributed by atoms with van der Waals surface area (Å²) >= 11 is 0. The second-order valence-corrected chi connectivity index (χ2v) is 10.8. The molecule has 1 heterocycles. The smallest absolute Gasteiger partial charge is 0.158 e. The average Bonchev–Trinajstić information content (AvgIpc) is 3.09. The van der Waals surface area contributed by atoms with Crippen LogP contribution in [0, 0.1) is 17.3 Å². The number of halogens is 1. The predicted octanol–water partition coefficient (Wildman–Crippen LogP) is 5.15. The molecule has 5 heteroatoms. The Morgan fingerprint density at radius 1 is 1.12 bits per heavy atom. The van der Waals surface area contributed by atoms with E-state index >= 15 is 4.39 Å². The summed E-state index contributed by atoms with van der Waals surface area (Å²) in [5.41, 5.74) is 0.901. The Bertz CT molecular complexity index is 1150. The highest BCUT2D eigenvalue weighted by Gasteiger charge is 2.65. The van der Waals surface area contributed by atoms with Crippen LogP contribution in [0.5, 0.6) is 0 Å². The summed E-state index contributed by atoms with van der Waals surface area (Å²) in [6.45, 7) is 2.22. The standard InChI is InChI=1S/C27H31FN2O2/c1-25-10-11-26(28)14-19-13-21(31)4-2-17(19)8-9-27(26,32)24(25)7-5-22(25)18-3-6-23-20(12-18)15-29-16-30-23/h3,5-6,12,14-17,21,24,31-32H,2,4,7-11,13H2,1H3/t17?,21?,24?,25?,26?,27-/m0/s1. The third-order valence-corrected chi connectivity index (χ3v) is 9.19. The molecule has 1 aromatic carbocycles. The Morgan fingerprint density at radius 2 is 2.00 bits per heavy atom. The zero-order valence-corrected chi connectivity index (χ0v) is 18.6. The summed E-state index contributed by atoms with van der Waals surface area (Å²) in [7, 11) is 0. The molecule has 0 aliphatic heterocycles. The molecule has 4 nitrogen and oxygen atoms in total. The van der Waals surface area contributed by atoms with Crippen molar-refractivity contribution < 1.29 is 14.6 Å². The van der Waals surface area contributed by atoms with E-state index in [1.54, 1.807) is 12.4 Å². The summed E-state index contributed by atoms with van der Waals surface area (Å²) < 4.78 is 16.7. The minimum absolute atomic E-state index is 0.159. The fraction of sp³-hybridized carbons (Fsp3) is 0.556. The molecule has 2 fully saturated rings. The van der Waals surface area contributed by atoms with Crippen LogP contribution in [0.3, 0.4) is 0 Å². The van der Waals surface area contributed by atoms with Gasteiger partial charge in [-0.05, 0) is 92.0 Å². The van der Waals surface area contributed by atoms with Crippen LogP contribution in [0.15, 0.2) is 48.4 Å². The largest absolute Gasteiger partial charge is 0.393 e. The van der Waals surface area contributed by atoms with Crippen molar-refractivity contribution >= 4 is 16.5 Å². The second-order valence-electron chi connectivity index (χ2n) is 10.8. The number of rotatable bonds is 1. The highest BCUT2D eigenvalue weighted by Crippen LogP contribution is 2.65. The van der Waals surface area contributed by atoms with Crippen LogP contribution < -0.4 is 0 Å². The van der Waals surface area contributed by atoms with E-state index in [0.717, 1.165) is 41.3 Å². The predicted molar refractivity (Wildman–Crippen MR) is 122 cm³/mol. The van der Waals surface area contributed by atoms with Crippen molar-refractivity contribution in [2.45, 2.75) is 75.7 Å². The Labute approximate surface area is 188 Å². The normalized spacial score (nSPS) is 41.2. The van der Waals surface area contributed by atoms with Gasteiger partial charge >= 0.3 is 0 Å². The van der Waals surface area contributed by atoms with Crippen molar-refractivity contribution in [3.63, 3.8) is 0 Å². The highest BCUT2D eigenvalue weighted by atomic mass is 19.1. The van der Waals surface area contributed by atoms with Gasteiger partial charge < -0.3 is 10.2 Å². The zero-order chi connectivity index (χ0) is 22.1. The molecule has 4 aliphatic rings. The van der Waals surface area contributed by atoms with Crippen LogP contribution >= 0.6 is 0 Å². The molecule has 0 saturated heterocycles. The highest BCUT2D eigenvalue weighted by molar-refractivity contribution is 5.84. The van der Waals surface area contributed by atoms with Gasteiger partial charge in [0.2, 0.25) is 0 Å². The molecule has 0 bridgehead atoms. The molecule has 168 valence electrons. The van der Waals surface area contributed by atoms with E-state index in [-0.39, 0.29) is 17.4 Å². The lowest BCUT2D eigenvalue weighted by Crippen LogP contribution is -2.61.